The van der Waals surface area contributed by atoms with Gasteiger partial charge in [-0.25, -0.2) is 0 Å². The molecule has 2 heterocycles. The Hall–Kier alpha value is -2.01. The molecule has 4 rings (SSSR count). The number of hydrogen-bond acceptors (Lipinski definition) is 4. The van der Waals surface area contributed by atoms with E-state index < -0.39 is 0 Å². The third-order valence-electron chi connectivity index (χ3n) is 4.56. The van der Waals surface area contributed by atoms with E-state index in [-0.39, 0.29) is 18.0 Å². The molecule has 22 heavy (non-hydrogen) atoms. The molecule has 116 valence electrons. The van der Waals surface area contributed by atoms with E-state index in [2.05, 4.69) is 45.1 Å². The van der Waals surface area contributed by atoms with Gasteiger partial charge in [-0.15, -0.1) is 0 Å². The Balaban J connectivity index is 1.53. The first kappa shape index (κ1) is 13.6. The van der Waals surface area contributed by atoms with Gasteiger partial charge in [0.1, 0.15) is 6.17 Å². The van der Waals surface area contributed by atoms with Crippen molar-refractivity contribution in [3.63, 3.8) is 0 Å². The van der Waals surface area contributed by atoms with E-state index in [1.54, 1.807) is 0 Å². The van der Waals surface area contributed by atoms with Gasteiger partial charge >= 0.3 is 0 Å². The molecule has 1 aromatic carbocycles. The van der Waals surface area contributed by atoms with Gasteiger partial charge in [-0.2, -0.15) is 0 Å². The summed E-state index contributed by atoms with van der Waals surface area (Å²) >= 11 is 0. The summed E-state index contributed by atoms with van der Waals surface area (Å²) in [5.74, 6) is 0.412. The number of benzene rings is 1. The van der Waals surface area contributed by atoms with E-state index in [4.69, 9.17) is 0 Å². The largest absolute Gasteiger partial charge is 0.369 e. The van der Waals surface area contributed by atoms with Crippen molar-refractivity contribution >= 4 is 23.9 Å². The minimum atomic E-state index is -0.0920. The van der Waals surface area contributed by atoms with Gasteiger partial charge in [0.15, 0.2) is 0 Å². The number of amides is 1. The van der Waals surface area contributed by atoms with Crippen LogP contribution >= 0.6 is 0 Å². The van der Waals surface area contributed by atoms with Crippen LogP contribution in [0.25, 0.3) is 12.3 Å². The Bertz CT molecular complexity index is 689. The molecule has 5 nitrogen and oxygen atoms in total. The van der Waals surface area contributed by atoms with Gasteiger partial charge in [0.05, 0.1) is 0 Å². The van der Waals surface area contributed by atoms with Crippen molar-refractivity contribution in [1.82, 2.24) is 16.0 Å². The highest BCUT2D eigenvalue weighted by molar-refractivity contribution is 5.82. The summed E-state index contributed by atoms with van der Waals surface area (Å²) in [5.41, 5.74) is 1.27. The second kappa shape index (κ2) is 5.65. The molecule has 1 aliphatic carbocycles. The third kappa shape index (κ3) is 2.81. The second-order valence-corrected chi connectivity index (χ2v) is 6.29. The maximum Gasteiger partial charge on any atom is 0.224 e. The average molecular weight is 298 g/mol. The number of nitrogens with zero attached hydrogens (tertiary/aromatic N) is 1. The van der Waals surface area contributed by atoms with Crippen molar-refractivity contribution in [2.45, 2.75) is 19.0 Å². The SMILES string of the molecule is O=C(NC1C=c2ccc(N3CCNCC3)cc2=CN1)C1CC1. The van der Waals surface area contributed by atoms with Crippen molar-refractivity contribution in [2.75, 3.05) is 31.1 Å². The predicted octanol–water partition coefficient (Wildman–Crippen LogP) is -0.930. The molecule has 0 radical (unpaired) electrons. The summed E-state index contributed by atoms with van der Waals surface area (Å²) in [6, 6.07) is 6.56. The molecule has 3 aliphatic rings. The highest BCUT2D eigenvalue weighted by Gasteiger charge is 2.30. The molecule has 0 aromatic heterocycles. The molecule has 2 fully saturated rings. The molecule has 1 unspecified atom stereocenters. The summed E-state index contributed by atoms with van der Waals surface area (Å²) in [4.78, 5) is 14.3. The number of hydrogen-bond donors (Lipinski definition) is 3. The number of carbonyl (C=O) groups is 1. The lowest BCUT2D eigenvalue weighted by atomic mass is 10.1. The molecule has 3 N–H and O–H groups in total. The summed E-state index contributed by atoms with van der Waals surface area (Å²) in [6.45, 7) is 4.19. The van der Waals surface area contributed by atoms with Gasteiger partial charge in [-0.1, -0.05) is 6.07 Å². The number of fused-ring (bicyclic) bond motifs is 1. The average Bonchev–Trinajstić information content (AvgIpc) is 3.40. The van der Waals surface area contributed by atoms with Crippen LogP contribution in [0.3, 0.4) is 0 Å². The van der Waals surface area contributed by atoms with Gasteiger partial charge < -0.3 is 20.9 Å². The molecule has 2 aliphatic heterocycles. The van der Waals surface area contributed by atoms with Gasteiger partial charge in [-0.05, 0) is 41.5 Å². The van der Waals surface area contributed by atoms with Crippen molar-refractivity contribution in [3.8, 4) is 0 Å². The molecule has 1 amide bonds. The zero-order valence-corrected chi connectivity index (χ0v) is 12.6. The molecule has 1 saturated carbocycles. The number of piperazine rings is 1. The number of anilines is 1. The van der Waals surface area contributed by atoms with Crippen LogP contribution in [-0.4, -0.2) is 38.3 Å². The smallest absolute Gasteiger partial charge is 0.224 e. The summed E-state index contributed by atoms with van der Waals surface area (Å²) < 4.78 is 0. The quantitative estimate of drug-likeness (QED) is 0.675. The Kier molecular flexibility index (Phi) is 3.50. The van der Waals surface area contributed by atoms with Crippen molar-refractivity contribution in [2.24, 2.45) is 5.92 Å². The fourth-order valence-corrected chi connectivity index (χ4v) is 3.07. The first-order chi connectivity index (χ1) is 10.8. The van der Waals surface area contributed by atoms with Crippen LogP contribution in [0, 0.1) is 5.92 Å². The predicted molar refractivity (Wildman–Crippen MR) is 87.5 cm³/mol. The fourth-order valence-electron chi connectivity index (χ4n) is 3.07. The highest BCUT2D eigenvalue weighted by Crippen LogP contribution is 2.28. The van der Waals surface area contributed by atoms with Gasteiger partial charge in [0.25, 0.3) is 0 Å². The standard InChI is InChI=1S/C17H22N4O/c22-17(12-1-2-12)20-16-10-13-3-4-15(9-14(13)11-19-16)21-7-5-18-6-8-21/h3-4,9-12,16,18-19H,1-2,5-8H2,(H,20,22). The van der Waals surface area contributed by atoms with Crippen LogP contribution < -0.4 is 31.3 Å². The van der Waals surface area contributed by atoms with Crippen molar-refractivity contribution in [1.29, 1.82) is 0 Å². The number of rotatable bonds is 3. The minimum Gasteiger partial charge on any atom is -0.369 e. The molecule has 5 heteroatoms. The minimum absolute atomic E-state index is 0.0920. The lowest BCUT2D eigenvalue weighted by Gasteiger charge is -2.29. The van der Waals surface area contributed by atoms with Crippen LogP contribution in [0.5, 0.6) is 0 Å². The Morgan fingerprint density at radius 2 is 2.00 bits per heavy atom. The first-order valence-electron chi connectivity index (χ1n) is 8.14. The van der Waals surface area contributed by atoms with E-state index in [0.717, 1.165) is 39.0 Å². The van der Waals surface area contributed by atoms with Crippen molar-refractivity contribution in [3.05, 3.63) is 28.6 Å². The summed E-state index contributed by atoms with van der Waals surface area (Å²) in [7, 11) is 0. The third-order valence-corrected chi connectivity index (χ3v) is 4.56. The van der Waals surface area contributed by atoms with E-state index in [1.807, 2.05) is 6.20 Å². The van der Waals surface area contributed by atoms with E-state index in [9.17, 15) is 4.79 Å². The first-order valence-corrected chi connectivity index (χ1v) is 8.14. The topological polar surface area (TPSA) is 56.4 Å². The fraction of sp³-hybridized carbons (Fsp3) is 0.471. The molecule has 1 atom stereocenters. The van der Waals surface area contributed by atoms with Crippen LogP contribution in [0.4, 0.5) is 5.69 Å². The lowest BCUT2D eigenvalue weighted by Crippen LogP contribution is -2.49. The van der Waals surface area contributed by atoms with Gasteiger partial charge in [0, 0.05) is 44.0 Å². The Labute approximate surface area is 130 Å². The number of nitrogens with one attached hydrogen (secondary N) is 3. The van der Waals surface area contributed by atoms with E-state index in [1.165, 1.54) is 16.1 Å². The van der Waals surface area contributed by atoms with Gasteiger partial charge in [0.2, 0.25) is 5.91 Å². The molecule has 0 bridgehead atoms. The van der Waals surface area contributed by atoms with Gasteiger partial charge in [-0.3, -0.25) is 4.79 Å². The van der Waals surface area contributed by atoms with E-state index >= 15 is 0 Å². The Morgan fingerprint density at radius 1 is 1.18 bits per heavy atom. The normalized spacial score (nSPS) is 23.6. The molecular formula is C17H22N4O. The maximum absolute atomic E-state index is 11.8. The molecule has 1 aromatic rings. The summed E-state index contributed by atoms with van der Waals surface area (Å²) in [5, 5.41) is 12.1. The van der Waals surface area contributed by atoms with Crippen LogP contribution in [0.1, 0.15) is 12.8 Å². The summed E-state index contributed by atoms with van der Waals surface area (Å²) in [6.07, 6.45) is 6.08. The van der Waals surface area contributed by atoms with Crippen LogP contribution in [0.2, 0.25) is 0 Å². The lowest BCUT2D eigenvalue weighted by molar-refractivity contribution is -0.122. The van der Waals surface area contributed by atoms with Crippen LogP contribution in [-0.2, 0) is 4.79 Å². The zero-order chi connectivity index (χ0) is 14.9. The van der Waals surface area contributed by atoms with Crippen molar-refractivity contribution < 1.29 is 4.79 Å². The highest BCUT2D eigenvalue weighted by atomic mass is 16.2. The monoisotopic (exact) mass is 298 g/mol. The number of carbonyl (C=O) groups excluding carboxylic acids is 1. The second-order valence-electron chi connectivity index (χ2n) is 6.29. The van der Waals surface area contributed by atoms with E-state index in [0.29, 0.717) is 0 Å². The zero-order valence-electron chi connectivity index (χ0n) is 12.6. The molecular weight excluding hydrogens is 276 g/mol. The maximum atomic E-state index is 11.8. The molecule has 0 spiro atoms. The Morgan fingerprint density at radius 3 is 2.77 bits per heavy atom. The molecule has 1 saturated heterocycles. The van der Waals surface area contributed by atoms with Crippen LogP contribution in [0.15, 0.2) is 18.2 Å².